The molecule has 23 heavy (non-hydrogen) atoms. The van der Waals surface area contributed by atoms with Crippen molar-refractivity contribution in [2.45, 2.75) is 31.6 Å². The summed E-state index contributed by atoms with van der Waals surface area (Å²) in [5, 5.41) is 12.9. The van der Waals surface area contributed by atoms with Gasteiger partial charge in [-0.05, 0) is 50.9 Å². The molecule has 1 aliphatic rings. The minimum atomic E-state index is -0.304. The molecule has 0 aliphatic carbocycles. The van der Waals surface area contributed by atoms with Crippen LogP contribution in [0.3, 0.4) is 0 Å². The Bertz CT molecular complexity index is 632. The average Bonchev–Trinajstić information content (AvgIpc) is 3.06. The van der Waals surface area contributed by atoms with Crippen LogP contribution in [0.4, 0.5) is 4.39 Å². The number of hydrogen-bond acceptors (Lipinski definition) is 5. The van der Waals surface area contributed by atoms with E-state index in [1.54, 1.807) is 12.1 Å². The molecule has 0 amide bonds. The van der Waals surface area contributed by atoms with Gasteiger partial charge in [-0.25, -0.2) is 4.39 Å². The van der Waals surface area contributed by atoms with Gasteiger partial charge in [0.15, 0.2) is 0 Å². The SMILES string of the molecule is OCCCCN1CCCC(c2nc(-c3cccc(F)c3)no2)C1. The Balaban J connectivity index is 1.65. The predicted octanol–water partition coefficient (Wildman–Crippen LogP) is 2.83. The van der Waals surface area contributed by atoms with Gasteiger partial charge in [0, 0.05) is 18.7 Å². The van der Waals surface area contributed by atoms with E-state index >= 15 is 0 Å². The number of piperidine rings is 1. The Morgan fingerprint density at radius 1 is 1.35 bits per heavy atom. The summed E-state index contributed by atoms with van der Waals surface area (Å²) in [5.74, 6) is 1.00. The third kappa shape index (κ3) is 4.14. The maximum Gasteiger partial charge on any atom is 0.231 e. The first-order valence-corrected chi connectivity index (χ1v) is 8.19. The summed E-state index contributed by atoms with van der Waals surface area (Å²) in [6, 6.07) is 6.23. The third-order valence-electron chi connectivity index (χ3n) is 4.26. The van der Waals surface area contributed by atoms with Crippen molar-refractivity contribution in [3.8, 4) is 11.4 Å². The molecule has 1 saturated heterocycles. The number of benzene rings is 1. The molecule has 3 rings (SSSR count). The van der Waals surface area contributed by atoms with Gasteiger partial charge >= 0.3 is 0 Å². The van der Waals surface area contributed by atoms with Gasteiger partial charge in [0.2, 0.25) is 11.7 Å². The van der Waals surface area contributed by atoms with Gasteiger partial charge in [0.05, 0.1) is 5.92 Å². The number of aliphatic hydroxyl groups excluding tert-OH is 1. The van der Waals surface area contributed by atoms with Crippen LogP contribution in [-0.2, 0) is 0 Å². The summed E-state index contributed by atoms with van der Waals surface area (Å²) >= 11 is 0. The summed E-state index contributed by atoms with van der Waals surface area (Å²) in [5.41, 5.74) is 0.635. The first-order valence-electron chi connectivity index (χ1n) is 8.19. The van der Waals surface area contributed by atoms with Crippen LogP contribution in [0.5, 0.6) is 0 Å². The van der Waals surface area contributed by atoms with Crippen LogP contribution in [0.25, 0.3) is 11.4 Å². The van der Waals surface area contributed by atoms with Crippen LogP contribution in [0.15, 0.2) is 28.8 Å². The predicted molar refractivity (Wildman–Crippen MR) is 84.4 cm³/mol. The third-order valence-corrected chi connectivity index (χ3v) is 4.26. The Morgan fingerprint density at radius 3 is 3.09 bits per heavy atom. The van der Waals surface area contributed by atoms with E-state index in [0.717, 1.165) is 45.3 Å². The lowest BCUT2D eigenvalue weighted by molar-refractivity contribution is 0.178. The summed E-state index contributed by atoms with van der Waals surface area (Å²) in [7, 11) is 0. The standard InChI is InChI=1S/C17H22FN3O2/c18-15-7-3-5-13(11-15)16-19-17(23-20-16)14-6-4-9-21(12-14)8-1-2-10-22/h3,5,7,11,14,22H,1-2,4,6,8-10,12H2. The number of aromatic nitrogens is 2. The molecule has 5 nitrogen and oxygen atoms in total. The van der Waals surface area contributed by atoms with Crippen LogP contribution >= 0.6 is 0 Å². The maximum absolute atomic E-state index is 13.3. The molecule has 1 aromatic heterocycles. The molecule has 0 spiro atoms. The molecule has 2 heterocycles. The molecule has 0 saturated carbocycles. The van der Waals surface area contributed by atoms with Gasteiger partial charge < -0.3 is 14.5 Å². The van der Waals surface area contributed by atoms with E-state index in [1.165, 1.54) is 12.1 Å². The van der Waals surface area contributed by atoms with Gasteiger partial charge in [-0.2, -0.15) is 4.98 Å². The quantitative estimate of drug-likeness (QED) is 0.830. The number of nitrogens with zero attached hydrogens (tertiary/aromatic N) is 3. The van der Waals surface area contributed by atoms with E-state index in [4.69, 9.17) is 9.63 Å². The second kappa shape index (κ2) is 7.66. The molecule has 1 aromatic carbocycles. The van der Waals surface area contributed by atoms with Crippen molar-refractivity contribution in [1.82, 2.24) is 15.0 Å². The van der Waals surface area contributed by atoms with E-state index in [1.807, 2.05) is 0 Å². The largest absolute Gasteiger partial charge is 0.396 e. The molecule has 1 aliphatic heterocycles. The fourth-order valence-corrected chi connectivity index (χ4v) is 3.05. The second-order valence-electron chi connectivity index (χ2n) is 6.04. The lowest BCUT2D eigenvalue weighted by atomic mass is 9.97. The van der Waals surface area contributed by atoms with Gasteiger partial charge in [0.25, 0.3) is 0 Å². The Morgan fingerprint density at radius 2 is 2.26 bits per heavy atom. The van der Waals surface area contributed by atoms with Gasteiger partial charge in [-0.15, -0.1) is 0 Å². The Kier molecular flexibility index (Phi) is 5.35. The molecular weight excluding hydrogens is 297 g/mol. The first-order chi connectivity index (χ1) is 11.3. The highest BCUT2D eigenvalue weighted by molar-refractivity contribution is 5.53. The second-order valence-corrected chi connectivity index (χ2v) is 6.04. The van der Waals surface area contributed by atoms with E-state index in [9.17, 15) is 4.39 Å². The molecule has 1 N–H and O–H groups in total. The minimum Gasteiger partial charge on any atom is -0.396 e. The van der Waals surface area contributed by atoms with E-state index < -0.39 is 0 Å². The van der Waals surface area contributed by atoms with Crippen LogP contribution in [0.2, 0.25) is 0 Å². The molecule has 124 valence electrons. The van der Waals surface area contributed by atoms with Crippen molar-refractivity contribution in [3.63, 3.8) is 0 Å². The first kappa shape index (κ1) is 16.1. The molecule has 1 atom stereocenters. The average molecular weight is 319 g/mol. The highest BCUT2D eigenvalue weighted by atomic mass is 19.1. The van der Waals surface area contributed by atoms with Gasteiger partial charge in [-0.3, -0.25) is 0 Å². The monoisotopic (exact) mass is 319 g/mol. The van der Waals surface area contributed by atoms with Gasteiger partial charge in [-0.1, -0.05) is 17.3 Å². The van der Waals surface area contributed by atoms with Crippen molar-refractivity contribution in [1.29, 1.82) is 0 Å². The summed E-state index contributed by atoms with van der Waals surface area (Å²) in [6.45, 7) is 3.21. The summed E-state index contributed by atoms with van der Waals surface area (Å²) < 4.78 is 18.7. The van der Waals surface area contributed by atoms with Crippen LogP contribution in [0, 0.1) is 5.82 Å². The van der Waals surface area contributed by atoms with Crippen molar-refractivity contribution < 1.29 is 14.0 Å². The topological polar surface area (TPSA) is 62.4 Å². The fourth-order valence-electron chi connectivity index (χ4n) is 3.05. The van der Waals surface area contributed by atoms with Crippen LogP contribution in [0.1, 0.15) is 37.5 Å². The van der Waals surface area contributed by atoms with Crippen molar-refractivity contribution in [2.75, 3.05) is 26.2 Å². The molecule has 1 fully saturated rings. The van der Waals surface area contributed by atoms with Crippen LogP contribution in [-0.4, -0.2) is 46.4 Å². The lowest BCUT2D eigenvalue weighted by Gasteiger charge is -2.30. The molecule has 6 heteroatoms. The number of unbranched alkanes of at least 4 members (excludes halogenated alkanes) is 1. The smallest absolute Gasteiger partial charge is 0.231 e. The zero-order valence-corrected chi connectivity index (χ0v) is 13.1. The number of aliphatic hydroxyl groups is 1. The normalized spacial score (nSPS) is 19.1. The van der Waals surface area contributed by atoms with Crippen molar-refractivity contribution >= 4 is 0 Å². The van der Waals surface area contributed by atoms with E-state index in [-0.39, 0.29) is 18.3 Å². The number of hydrogen-bond donors (Lipinski definition) is 1. The highest BCUT2D eigenvalue weighted by Gasteiger charge is 2.26. The fraction of sp³-hybridized carbons (Fsp3) is 0.529. The lowest BCUT2D eigenvalue weighted by Crippen LogP contribution is -2.35. The molecule has 2 aromatic rings. The molecular formula is C17H22FN3O2. The molecule has 1 unspecified atom stereocenters. The van der Waals surface area contributed by atoms with E-state index in [2.05, 4.69) is 15.0 Å². The Hall–Kier alpha value is -1.79. The number of rotatable bonds is 6. The summed E-state index contributed by atoms with van der Waals surface area (Å²) in [4.78, 5) is 6.85. The maximum atomic E-state index is 13.3. The molecule has 0 bridgehead atoms. The minimum absolute atomic E-state index is 0.229. The van der Waals surface area contributed by atoms with Crippen molar-refractivity contribution in [3.05, 3.63) is 36.0 Å². The van der Waals surface area contributed by atoms with E-state index in [0.29, 0.717) is 17.3 Å². The zero-order chi connectivity index (χ0) is 16.1. The number of likely N-dealkylation sites (tertiary alicyclic amines) is 1. The Labute approximate surface area is 135 Å². The highest BCUT2D eigenvalue weighted by Crippen LogP contribution is 2.27. The zero-order valence-electron chi connectivity index (χ0n) is 13.1. The van der Waals surface area contributed by atoms with Gasteiger partial charge in [0.1, 0.15) is 5.82 Å². The van der Waals surface area contributed by atoms with Crippen LogP contribution < -0.4 is 0 Å². The summed E-state index contributed by atoms with van der Waals surface area (Å²) in [6.07, 6.45) is 3.97. The number of halogens is 1. The molecule has 0 radical (unpaired) electrons. The van der Waals surface area contributed by atoms with Crippen molar-refractivity contribution in [2.24, 2.45) is 0 Å².